The number of hydrogen-bond donors (Lipinski definition) is 0. The summed E-state index contributed by atoms with van der Waals surface area (Å²) in [5.41, 5.74) is 0. The molecule has 0 aliphatic carbocycles. The van der Waals surface area contributed by atoms with Crippen molar-refractivity contribution in [3.63, 3.8) is 0 Å². The molecule has 0 spiro atoms. The lowest BCUT2D eigenvalue weighted by Gasteiger charge is -2.18. The maximum absolute atomic E-state index is 12.8. The average molecular weight is 962 g/mol. The SMILES string of the molecule is CCCCC/C=C\C/C=C\C/C=C\C/C=C\C/C=C\CCC(=O)O[C@@H](COC(=O)CCCCCCCCC/C=C\CCCCCC)COC(=O)CCCCCCCCC/C=C\CCCCCCCC. The predicted molar refractivity (Wildman–Crippen MR) is 297 cm³/mol. The molecule has 0 rings (SSSR count). The molecule has 6 heteroatoms. The summed E-state index contributed by atoms with van der Waals surface area (Å²) in [7, 11) is 0. The van der Waals surface area contributed by atoms with Crippen LogP contribution in [0.3, 0.4) is 0 Å². The van der Waals surface area contributed by atoms with Crippen molar-refractivity contribution in [2.24, 2.45) is 0 Å². The van der Waals surface area contributed by atoms with Crippen molar-refractivity contribution in [2.45, 2.75) is 284 Å². The Morgan fingerprint density at radius 3 is 0.928 bits per heavy atom. The molecular weight excluding hydrogens is 853 g/mol. The highest BCUT2D eigenvalue weighted by Crippen LogP contribution is 2.14. The van der Waals surface area contributed by atoms with Crippen LogP contribution in [0.15, 0.2) is 85.1 Å². The van der Waals surface area contributed by atoms with Crippen LogP contribution in [0.1, 0.15) is 278 Å². The monoisotopic (exact) mass is 961 g/mol. The molecule has 0 aromatic carbocycles. The van der Waals surface area contributed by atoms with Gasteiger partial charge in [-0.2, -0.15) is 0 Å². The van der Waals surface area contributed by atoms with Gasteiger partial charge in [-0.3, -0.25) is 14.4 Å². The van der Waals surface area contributed by atoms with Crippen LogP contribution >= 0.6 is 0 Å². The van der Waals surface area contributed by atoms with Gasteiger partial charge in [-0.1, -0.05) is 234 Å². The molecule has 0 amide bonds. The zero-order chi connectivity index (χ0) is 50.0. The van der Waals surface area contributed by atoms with E-state index in [2.05, 4.69) is 99.8 Å². The second-order valence-corrected chi connectivity index (χ2v) is 19.2. The Bertz CT molecular complexity index is 1330. The molecule has 0 saturated carbocycles. The quantitative estimate of drug-likeness (QED) is 0.0262. The second-order valence-electron chi connectivity index (χ2n) is 19.2. The summed E-state index contributed by atoms with van der Waals surface area (Å²) in [5.74, 6) is -0.995. The lowest BCUT2D eigenvalue weighted by atomic mass is 10.1. The first-order valence-corrected chi connectivity index (χ1v) is 29.1. The fraction of sp³-hybridized carbons (Fsp3) is 0.730. The minimum atomic E-state index is -0.820. The maximum Gasteiger partial charge on any atom is 0.306 e. The van der Waals surface area contributed by atoms with Gasteiger partial charge in [-0.25, -0.2) is 0 Å². The van der Waals surface area contributed by atoms with Crippen LogP contribution in [0.2, 0.25) is 0 Å². The van der Waals surface area contributed by atoms with Gasteiger partial charge in [0.25, 0.3) is 0 Å². The summed E-state index contributed by atoms with van der Waals surface area (Å²) in [4.78, 5) is 38.1. The van der Waals surface area contributed by atoms with E-state index >= 15 is 0 Å². The van der Waals surface area contributed by atoms with Crippen molar-refractivity contribution in [3.8, 4) is 0 Å². The number of carbonyl (C=O) groups is 3. The molecule has 0 aromatic rings. The maximum atomic E-state index is 12.8. The molecule has 0 N–H and O–H groups in total. The standard InChI is InChI=1S/C63H108O6/c1-4-7-10-13-16-19-22-25-28-30-31-33-36-39-42-45-48-51-54-57-63(66)69-60(58-67-61(64)55-52-49-46-43-40-37-34-27-24-21-18-15-12-9-6-3)59-68-62(65)56-53-50-47-44-41-38-35-32-29-26-23-20-17-14-11-8-5-2/h16,19,21,24-26,28-29,31,33,39,42,48,51,60H,4-15,17-18,20,22-23,27,30,32,34-38,40-41,43-47,49-50,52-59H2,1-3H3/b19-16-,24-21-,28-25-,29-26-,33-31-,42-39-,51-48-/t60-/m0/s1. The van der Waals surface area contributed by atoms with E-state index < -0.39 is 12.1 Å². The number of hydrogen-bond acceptors (Lipinski definition) is 6. The molecular formula is C63H108O6. The molecule has 0 saturated heterocycles. The van der Waals surface area contributed by atoms with Gasteiger partial charge in [0.15, 0.2) is 6.10 Å². The van der Waals surface area contributed by atoms with E-state index in [0.717, 1.165) is 64.2 Å². The zero-order valence-corrected chi connectivity index (χ0v) is 45.3. The van der Waals surface area contributed by atoms with E-state index in [9.17, 15) is 14.4 Å². The number of ether oxygens (including phenoxy) is 3. The van der Waals surface area contributed by atoms with E-state index in [-0.39, 0.29) is 31.6 Å². The first kappa shape index (κ1) is 65.6. The van der Waals surface area contributed by atoms with Crippen LogP contribution < -0.4 is 0 Å². The van der Waals surface area contributed by atoms with Crippen molar-refractivity contribution in [1.29, 1.82) is 0 Å². The summed E-state index contributed by atoms with van der Waals surface area (Å²) in [6.45, 7) is 6.54. The highest BCUT2D eigenvalue weighted by Gasteiger charge is 2.19. The third kappa shape index (κ3) is 55.4. The molecule has 0 aliphatic heterocycles. The fourth-order valence-electron chi connectivity index (χ4n) is 7.94. The first-order chi connectivity index (χ1) is 34.0. The summed E-state index contributed by atoms with van der Waals surface area (Å²) >= 11 is 0. The Morgan fingerprint density at radius 1 is 0.290 bits per heavy atom. The minimum Gasteiger partial charge on any atom is -0.462 e. The van der Waals surface area contributed by atoms with Crippen LogP contribution in [0.4, 0.5) is 0 Å². The molecule has 0 radical (unpaired) electrons. The number of esters is 3. The normalized spacial score (nSPS) is 12.7. The van der Waals surface area contributed by atoms with Crippen LogP contribution in [-0.4, -0.2) is 37.2 Å². The van der Waals surface area contributed by atoms with Gasteiger partial charge in [0.05, 0.1) is 0 Å². The van der Waals surface area contributed by atoms with Crippen molar-refractivity contribution in [1.82, 2.24) is 0 Å². The van der Waals surface area contributed by atoms with Crippen LogP contribution in [-0.2, 0) is 28.6 Å². The van der Waals surface area contributed by atoms with Crippen LogP contribution in [0.25, 0.3) is 0 Å². The molecule has 0 unspecified atom stereocenters. The predicted octanol–water partition coefficient (Wildman–Crippen LogP) is 19.5. The van der Waals surface area contributed by atoms with E-state index in [1.807, 2.05) is 6.08 Å². The van der Waals surface area contributed by atoms with Crippen molar-refractivity contribution in [2.75, 3.05) is 13.2 Å². The van der Waals surface area contributed by atoms with E-state index in [4.69, 9.17) is 14.2 Å². The summed E-state index contributed by atoms with van der Waals surface area (Å²) in [6.07, 6.45) is 74.4. The highest BCUT2D eigenvalue weighted by molar-refractivity contribution is 5.71. The lowest BCUT2D eigenvalue weighted by molar-refractivity contribution is -0.166. The molecule has 0 fully saturated rings. The van der Waals surface area contributed by atoms with E-state index in [1.165, 1.54) is 167 Å². The Hall–Kier alpha value is -3.41. The Kier molecular flexibility index (Phi) is 54.3. The van der Waals surface area contributed by atoms with Gasteiger partial charge in [-0.05, 0) is 109 Å². The number of allylic oxidation sites excluding steroid dienone is 14. The molecule has 6 nitrogen and oxygen atoms in total. The largest absolute Gasteiger partial charge is 0.462 e. The highest BCUT2D eigenvalue weighted by atomic mass is 16.6. The van der Waals surface area contributed by atoms with Gasteiger partial charge >= 0.3 is 17.9 Å². The number of carbonyl (C=O) groups excluding carboxylic acids is 3. The van der Waals surface area contributed by atoms with Crippen molar-refractivity contribution < 1.29 is 28.6 Å². The molecule has 0 aliphatic rings. The average Bonchev–Trinajstić information content (AvgIpc) is 3.35. The summed E-state index contributed by atoms with van der Waals surface area (Å²) < 4.78 is 16.8. The van der Waals surface area contributed by atoms with Gasteiger partial charge in [0, 0.05) is 19.3 Å². The number of rotatable bonds is 52. The molecule has 1 atom stereocenters. The van der Waals surface area contributed by atoms with Crippen molar-refractivity contribution in [3.05, 3.63) is 85.1 Å². The minimum absolute atomic E-state index is 0.109. The smallest absolute Gasteiger partial charge is 0.306 e. The molecule has 69 heavy (non-hydrogen) atoms. The molecule has 396 valence electrons. The third-order valence-corrected chi connectivity index (χ3v) is 12.4. The molecule has 0 heterocycles. The Balaban J connectivity index is 4.51. The van der Waals surface area contributed by atoms with E-state index in [1.54, 1.807) is 0 Å². The van der Waals surface area contributed by atoms with Gasteiger partial charge in [-0.15, -0.1) is 0 Å². The van der Waals surface area contributed by atoms with Gasteiger partial charge < -0.3 is 14.2 Å². The first-order valence-electron chi connectivity index (χ1n) is 29.1. The Morgan fingerprint density at radius 2 is 0.551 bits per heavy atom. The third-order valence-electron chi connectivity index (χ3n) is 12.4. The van der Waals surface area contributed by atoms with Crippen LogP contribution in [0.5, 0.6) is 0 Å². The van der Waals surface area contributed by atoms with Gasteiger partial charge in [0.2, 0.25) is 0 Å². The second kappa shape index (κ2) is 57.2. The lowest BCUT2D eigenvalue weighted by Crippen LogP contribution is -2.30. The number of unbranched alkanes of at least 4 members (excludes halogenated alkanes) is 27. The fourth-order valence-corrected chi connectivity index (χ4v) is 7.94. The summed E-state index contributed by atoms with van der Waals surface area (Å²) in [5, 5.41) is 0. The molecule has 0 aromatic heterocycles. The van der Waals surface area contributed by atoms with Crippen LogP contribution in [0, 0.1) is 0 Å². The zero-order valence-electron chi connectivity index (χ0n) is 45.3. The molecule has 0 bridgehead atoms. The summed E-state index contributed by atoms with van der Waals surface area (Å²) in [6, 6.07) is 0. The topological polar surface area (TPSA) is 78.9 Å². The van der Waals surface area contributed by atoms with Gasteiger partial charge in [0.1, 0.15) is 13.2 Å². The van der Waals surface area contributed by atoms with E-state index in [0.29, 0.717) is 19.3 Å². The Labute approximate surface area is 426 Å². The van der Waals surface area contributed by atoms with Crippen molar-refractivity contribution >= 4 is 17.9 Å².